The third kappa shape index (κ3) is 1.90. The lowest BCUT2D eigenvalue weighted by molar-refractivity contribution is -0.138. The Morgan fingerprint density at radius 1 is 1.33 bits per heavy atom. The van der Waals surface area contributed by atoms with E-state index in [4.69, 9.17) is 5.11 Å². The van der Waals surface area contributed by atoms with Crippen LogP contribution in [0.1, 0.15) is 6.42 Å². The fraction of sp³-hybridized carbons (Fsp3) is 0.200. The lowest BCUT2D eigenvalue weighted by atomic mass is 10.1. The zero-order chi connectivity index (χ0) is 10.8. The fourth-order valence-electron chi connectivity index (χ4n) is 1.51. The van der Waals surface area contributed by atoms with Crippen LogP contribution in [0.25, 0.3) is 0 Å². The quantitative estimate of drug-likeness (QED) is 0.671. The summed E-state index contributed by atoms with van der Waals surface area (Å²) in [6.07, 6.45) is -0.222. The Kier molecular flexibility index (Phi) is 2.29. The minimum atomic E-state index is -0.998. The number of rotatable bonds is 2. The molecule has 1 unspecified atom stereocenters. The Morgan fingerprint density at radius 3 is 2.67 bits per heavy atom. The highest BCUT2D eigenvalue weighted by Crippen LogP contribution is 2.26. The zero-order valence-corrected chi connectivity index (χ0v) is 7.86. The number of carboxylic acid groups (broad SMARTS) is 1. The van der Waals surface area contributed by atoms with Crippen LogP contribution in [0.3, 0.4) is 0 Å². The van der Waals surface area contributed by atoms with Crippen LogP contribution in [0.15, 0.2) is 24.3 Å². The van der Waals surface area contributed by atoms with E-state index in [0.29, 0.717) is 5.69 Å². The molecule has 2 rings (SSSR count). The van der Waals surface area contributed by atoms with E-state index < -0.39 is 12.0 Å². The van der Waals surface area contributed by atoms with Gasteiger partial charge >= 0.3 is 5.97 Å². The molecule has 78 valence electrons. The van der Waals surface area contributed by atoms with Crippen LogP contribution in [0.2, 0.25) is 0 Å². The maximum absolute atomic E-state index is 11.5. The molecule has 15 heavy (non-hydrogen) atoms. The number of aliphatic carboxylic acids is 1. The number of fused-ring (bicyclic) bond motifs is 1. The third-order valence-electron chi connectivity index (χ3n) is 2.21. The predicted molar refractivity (Wildman–Crippen MR) is 54.7 cm³/mol. The van der Waals surface area contributed by atoms with Gasteiger partial charge in [-0.05, 0) is 12.1 Å². The van der Waals surface area contributed by atoms with Crippen LogP contribution in [0.5, 0.6) is 0 Å². The highest BCUT2D eigenvalue weighted by molar-refractivity contribution is 6.04. The molecule has 3 N–H and O–H groups in total. The second kappa shape index (κ2) is 3.61. The maximum atomic E-state index is 11.5. The summed E-state index contributed by atoms with van der Waals surface area (Å²) in [7, 11) is 0. The zero-order valence-electron chi connectivity index (χ0n) is 7.86. The number of hydrogen-bond donors (Lipinski definition) is 3. The van der Waals surface area contributed by atoms with Crippen molar-refractivity contribution < 1.29 is 14.7 Å². The standard InChI is InChI=1S/C10H10N2O3/c13-9(14)5-8-10(15)12-7-4-2-1-3-6(7)11-8/h1-4,8,11H,5H2,(H,12,15)(H,13,14). The number of carboxylic acids is 1. The van der Waals surface area contributed by atoms with Gasteiger partial charge < -0.3 is 15.7 Å². The molecule has 0 fully saturated rings. The van der Waals surface area contributed by atoms with Gasteiger partial charge in [-0.2, -0.15) is 0 Å². The number of carbonyl (C=O) groups is 2. The van der Waals surface area contributed by atoms with Crippen LogP contribution < -0.4 is 10.6 Å². The molecular formula is C10H10N2O3. The number of anilines is 2. The van der Waals surface area contributed by atoms with E-state index in [9.17, 15) is 9.59 Å². The Labute approximate surface area is 86.1 Å². The van der Waals surface area contributed by atoms with Crippen LogP contribution in [-0.2, 0) is 9.59 Å². The molecule has 1 aliphatic heterocycles. The first-order valence-corrected chi connectivity index (χ1v) is 4.55. The first-order valence-electron chi connectivity index (χ1n) is 4.55. The molecule has 0 spiro atoms. The van der Waals surface area contributed by atoms with Crippen LogP contribution >= 0.6 is 0 Å². The molecule has 1 aliphatic rings. The average Bonchev–Trinajstić information content (AvgIpc) is 2.18. The van der Waals surface area contributed by atoms with Crippen molar-refractivity contribution in [2.75, 3.05) is 10.6 Å². The lowest BCUT2D eigenvalue weighted by Crippen LogP contribution is -2.40. The normalized spacial score (nSPS) is 18.7. The second-order valence-corrected chi connectivity index (χ2v) is 3.33. The molecule has 5 heteroatoms. The smallest absolute Gasteiger partial charge is 0.305 e. The van der Waals surface area contributed by atoms with Gasteiger partial charge in [0.25, 0.3) is 0 Å². The summed E-state index contributed by atoms with van der Waals surface area (Å²) in [4.78, 5) is 22.0. The topological polar surface area (TPSA) is 78.4 Å². The van der Waals surface area contributed by atoms with Crippen LogP contribution in [0.4, 0.5) is 11.4 Å². The van der Waals surface area contributed by atoms with Crippen molar-refractivity contribution in [3.63, 3.8) is 0 Å². The molecule has 1 heterocycles. The SMILES string of the molecule is O=C(O)CC1Nc2ccccc2NC1=O. The van der Waals surface area contributed by atoms with Gasteiger partial charge in [-0.15, -0.1) is 0 Å². The molecule has 0 saturated heterocycles. The lowest BCUT2D eigenvalue weighted by Gasteiger charge is -2.25. The Morgan fingerprint density at radius 2 is 2.00 bits per heavy atom. The van der Waals surface area contributed by atoms with Crippen molar-refractivity contribution in [1.82, 2.24) is 0 Å². The van der Waals surface area contributed by atoms with Gasteiger partial charge in [-0.3, -0.25) is 9.59 Å². The molecule has 0 saturated carbocycles. The summed E-state index contributed by atoms with van der Waals surface area (Å²) in [5.74, 6) is -1.31. The summed E-state index contributed by atoms with van der Waals surface area (Å²) in [5.41, 5.74) is 1.44. The molecular weight excluding hydrogens is 196 g/mol. The minimum Gasteiger partial charge on any atom is -0.481 e. The van der Waals surface area contributed by atoms with E-state index in [1.54, 1.807) is 18.2 Å². The van der Waals surface area contributed by atoms with E-state index in [1.165, 1.54) is 0 Å². The van der Waals surface area contributed by atoms with Crippen molar-refractivity contribution in [2.45, 2.75) is 12.5 Å². The average molecular weight is 206 g/mol. The molecule has 0 bridgehead atoms. The third-order valence-corrected chi connectivity index (χ3v) is 2.21. The Balaban J connectivity index is 2.22. The summed E-state index contributed by atoms with van der Waals surface area (Å²) < 4.78 is 0. The first-order chi connectivity index (χ1) is 7.16. The number of amides is 1. The molecule has 1 amide bonds. The molecule has 1 atom stereocenters. The van der Waals surface area contributed by atoms with Gasteiger partial charge in [0.05, 0.1) is 17.8 Å². The van der Waals surface area contributed by atoms with E-state index in [-0.39, 0.29) is 12.3 Å². The summed E-state index contributed by atoms with van der Waals surface area (Å²) >= 11 is 0. The second-order valence-electron chi connectivity index (χ2n) is 3.33. The number of nitrogens with one attached hydrogen (secondary N) is 2. The Hall–Kier alpha value is -2.04. The van der Waals surface area contributed by atoms with Gasteiger partial charge in [0, 0.05) is 0 Å². The summed E-state index contributed by atoms with van der Waals surface area (Å²) in [6, 6.07) is 6.48. The van der Waals surface area contributed by atoms with Gasteiger partial charge in [0.1, 0.15) is 6.04 Å². The van der Waals surface area contributed by atoms with Gasteiger partial charge in [0.15, 0.2) is 0 Å². The highest BCUT2D eigenvalue weighted by Gasteiger charge is 2.26. The van der Waals surface area contributed by atoms with E-state index in [1.807, 2.05) is 6.07 Å². The molecule has 0 aliphatic carbocycles. The van der Waals surface area contributed by atoms with E-state index in [0.717, 1.165) is 5.69 Å². The predicted octanol–water partition coefficient (Wildman–Crippen LogP) is 0.894. The number of benzene rings is 1. The van der Waals surface area contributed by atoms with Gasteiger partial charge in [0.2, 0.25) is 5.91 Å². The minimum absolute atomic E-state index is 0.222. The Bertz CT molecular complexity index is 417. The van der Waals surface area contributed by atoms with Crippen molar-refractivity contribution in [1.29, 1.82) is 0 Å². The molecule has 0 aromatic heterocycles. The molecule has 0 radical (unpaired) electrons. The first kappa shape index (κ1) is 9.51. The van der Waals surface area contributed by atoms with Crippen molar-refractivity contribution in [3.8, 4) is 0 Å². The summed E-state index contributed by atoms with van der Waals surface area (Å²) in [5, 5.41) is 14.1. The molecule has 1 aromatic carbocycles. The molecule has 5 nitrogen and oxygen atoms in total. The largest absolute Gasteiger partial charge is 0.481 e. The fourth-order valence-corrected chi connectivity index (χ4v) is 1.51. The summed E-state index contributed by atoms with van der Waals surface area (Å²) in [6.45, 7) is 0. The van der Waals surface area contributed by atoms with Crippen LogP contribution in [-0.4, -0.2) is 23.0 Å². The van der Waals surface area contributed by atoms with Crippen molar-refractivity contribution >= 4 is 23.3 Å². The van der Waals surface area contributed by atoms with Crippen LogP contribution in [0, 0.1) is 0 Å². The van der Waals surface area contributed by atoms with E-state index >= 15 is 0 Å². The number of para-hydroxylation sites is 2. The number of carbonyl (C=O) groups excluding carboxylic acids is 1. The number of hydrogen-bond acceptors (Lipinski definition) is 3. The molecule has 1 aromatic rings. The monoisotopic (exact) mass is 206 g/mol. The maximum Gasteiger partial charge on any atom is 0.305 e. The van der Waals surface area contributed by atoms with E-state index in [2.05, 4.69) is 10.6 Å². The van der Waals surface area contributed by atoms with Crippen molar-refractivity contribution in [2.24, 2.45) is 0 Å². The van der Waals surface area contributed by atoms with Crippen molar-refractivity contribution in [3.05, 3.63) is 24.3 Å². The van der Waals surface area contributed by atoms with Gasteiger partial charge in [-0.1, -0.05) is 12.1 Å². The highest BCUT2D eigenvalue weighted by atomic mass is 16.4. The van der Waals surface area contributed by atoms with Gasteiger partial charge in [-0.25, -0.2) is 0 Å².